The topological polar surface area (TPSA) is 74.8 Å². The summed E-state index contributed by atoms with van der Waals surface area (Å²) in [4.78, 5) is 0.205. The lowest BCUT2D eigenvalue weighted by molar-refractivity contribution is 0.601. The lowest BCUT2D eigenvalue weighted by atomic mass is 10.2. The van der Waals surface area contributed by atoms with Crippen molar-refractivity contribution in [3.8, 4) is 0 Å². The Bertz CT molecular complexity index is 874. The summed E-state index contributed by atoms with van der Waals surface area (Å²) in [7, 11) is -3.60. The Morgan fingerprint density at radius 3 is 2.80 bits per heavy atom. The molecule has 0 aliphatic rings. The van der Waals surface area contributed by atoms with Gasteiger partial charge in [-0.25, -0.2) is 8.42 Å². The molecule has 0 radical (unpaired) electrons. The minimum atomic E-state index is -3.60. The van der Waals surface area contributed by atoms with Crippen LogP contribution in [0.4, 0.5) is 5.69 Å². The van der Waals surface area contributed by atoms with Crippen molar-refractivity contribution in [1.82, 2.24) is 10.2 Å². The third-order valence-electron chi connectivity index (χ3n) is 2.80. The van der Waals surface area contributed by atoms with Crippen molar-refractivity contribution in [2.75, 3.05) is 4.72 Å². The van der Waals surface area contributed by atoms with Crippen LogP contribution in [-0.2, 0) is 10.0 Å². The average molecular weight is 352 g/mol. The molecule has 0 unspecified atom stereocenters. The normalized spacial score (nSPS) is 11.7. The molecule has 20 heavy (non-hydrogen) atoms. The number of nitrogens with zero attached hydrogens (tertiary/aromatic N) is 1. The van der Waals surface area contributed by atoms with Crippen LogP contribution in [0.15, 0.2) is 58.0 Å². The highest BCUT2D eigenvalue weighted by molar-refractivity contribution is 9.10. The fourth-order valence-electron chi connectivity index (χ4n) is 1.85. The van der Waals surface area contributed by atoms with E-state index >= 15 is 0 Å². The first kappa shape index (κ1) is 13.1. The van der Waals surface area contributed by atoms with Gasteiger partial charge in [0.25, 0.3) is 10.0 Å². The monoisotopic (exact) mass is 351 g/mol. The van der Waals surface area contributed by atoms with Gasteiger partial charge in [-0.15, -0.1) is 0 Å². The van der Waals surface area contributed by atoms with Crippen LogP contribution in [0.5, 0.6) is 0 Å². The van der Waals surface area contributed by atoms with Gasteiger partial charge in [-0.2, -0.15) is 5.10 Å². The maximum absolute atomic E-state index is 12.3. The molecule has 2 aromatic carbocycles. The van der Waals surface area contributed by atoms with Crippen molar-refractivity contribution in [2.24, 2.45) is 0 Å². The van der Waals surface area contributed by atoms with E-state index < -0.39 is 10.0 Å². The van der Waals surface area contributed by atoms with Gasteiger partial charge in [0.05, 0.1) is 22.3 Å². The van der Waals surface area contributed by atoms with Gasteiger partial charge in [-0.1, -0.05) is 22.0 Å². The van der Waals surface area contributed by atoms with Crippen LogP contribution in [0.2, 0.25) is 0 Å². The molecule has 0 aliphatic carbocycles. The van der Waals surface area contributed by atoms with Gasteiger partial charge in [0.15, 0.2) is 0 Å². The van der Waals surface area contributed by atoms with Crippen molar-refractivity contribution >= 4 is 42.5 Å². The van der Waals surface area contributed by atoms with Crippen LogP contribution < -0.4 is 4.72 Å². The first-order valence-electron chi connectivity index (χ1n) is 5.76. The minimum absolute atomic E-state index is 0.205. The summed E-state index contributed by atoms with van der Waals surface area (Å²) in [6, 6.07) is 11.8. The molecule has 0 saturated carbocycles. The third-order valence-corrected chi connectivity index (χ3v) is 4.67. The summed E-state index contributed by atoms with van der Waals surface area (Å²) in [6.07, 6.45) is 1.68. The van der Waals surface area contributed by atoms with E-state index in [0.29, 0.717) is 10.2 Å². The maximum atomic E-state index is 12.3. The van der Waals surface area contributed by atoms with E-state index in [1.165, 1.54) is 0 Å². The Balaban J connectivity index is 1.96. The lowest BCUT2D eigenvalue weighted by Gasteiger charge is -2.08. The zero-order chi connectivity index (χ0) is 14.2. The van der Waals surface area contributed by atoms with E-state index in [1.807, 2.05) is 0 Å². The minimum Gasteiger partial charge on any atom is -0.280 e. The summed E-state index contributed by atoms with van der Waals surface area (Å²) in [6.45, 7) is 0. The largest absolute Gasteiger partial charge is 0.280 e. The van der Waals surface area contributed by atoms with E-state index in [1.54, 1.807) is 48.7 Å². The molecular formula is C13H10BrN3O2S. The van der Waals surface area contributed by atoms with Crippen molar-refractivity contribution in [1.29, 1.82) is 0 Å². The second kappa shape index (κ2) is 4.92. The second-order valence-corrected chi connectivity index (χ2v) is 6.83. The number of sulfonamides is 1. The molecule has 0 fully saturated rings. The highest BCUT2D eigenvalue weighted by atomic mass is 79.9. The zero-order valence-corrected chi connectivity index (χ0v) is 12.6. The molecule has 0 amide bonds. The molecular weight excluding hydrogens is 342 g/mol. The van der Waals surface area contributed by atoms with Crippen LogP contribution in [0.3, 0.4) is 0 Å². The van der Waals surface area contributed by atoms with Crippen LogP contribution in [0, 0.1) is 0 Å². The first-order valence-corrected chi connectivity index (χ1v) is 8.04. The number of anilines is 1. The van der Waals surface area contributed by atoms with Gasteiger partial charge in [-0.3, -0.25) is 9.82 Å². The Labute approximate surface area is 124 Å². The average Bonchev–Trinajstić information content (AvgIpc) is 2.85. The Morgan fingerprint density at radius 2 is 2.00 bits per heavy atom. The maximum Gasteiger partial charge on any atom is 0.261 e. The number of benzene rings is 2. The Morgan fingerprint density at radius 1 is 1.15 bits per heavy atom. The zero-order valence-electron chi connectivity index (χ0n) is 10.2. The summed E-state index contributed by atoms with van der Waals surface area (Å²) in [5, 5.41) is 7.63. The summed E-state index contributed by atoms with van der Waals surface area (Å²) in [5.74, 6) is 0. The van der Waals surface area contributed by atoms with E-state index in [-0.39, 0.29) is 4.90 Å². The van der Waals surface area contributed by atoms with Gasteiger partial charge >= 0.3 is 0 Å². The van der Waals surface area contributed by atoms with Crippen LogP contribution in [-0.4, -0.2) is 18.6 Å². The number of halogens is 1. The lowest BCUT2D eigenvalue weighted by Crippen LogP contribution is -2.12. The van der Waals surface area contributed by atoms with Crippen molar-refractivity contribution in [2.45, 2.75) is 4.90 Å². The molecule has 3 rings (SSSR count). The number of nitrogens with one attached hydrogen (secondary N) is 2. The Hall–Kier alpha value is -1.86. The van der Waals surface area contributed by atoms with Gasteiger partial charge in [0.2, 0.25) is 0 Å². The molecule has 0 spiro atoms. The SMILES string of the molecule is O=S(=O)(Nc1ccc2cn[nH]c2c1)c1cccc(Br)c1. The number of fused-ring (bicyclic) bond motifs is 1. The van der Waals surface area contributed by atoms with Crippen molar-refractivity contribution in [3.63, 3.8) is 0 Å². The van der Waals surface area contributed by atoms with Crippen molar-refractivity contribution in [3.05, 3.63) is 53.1 Å². The fraction of sp³-hybridized carbons (Fsp3) is 0. The number of hydrogen-bond donors (Lipinski definition) is 2. The predicted molar refractivity (Wildman–Crippen MR) is 81.0 cm³/mol. The molecule has 2 N–H and O–H groups in total. The number of aromatic amines is 1. The van der Waals surface area contributed by atoms with Gasteiger partial charge in [0, 0.05) is 9.86 Å². The number of rotatable bonds is 3. The molecule has 0 atom stereocenters. The third kappa shape index (κ3) is 2.54. The molecule has 7 heteroatoms. The standard InChI is InChI=1S/C13H10BrN3O2S/c14-10-2-1-3-12(6-10)20(18,19)17-11-5-4-9-8-15-16-13(9)7-11/h1-8,17H,(H,15,16). The van der Waals surface area contributed by atoms with E-state index in [2.05, 4.69) is 30.8 Å². The van der Waals surface area contributed by atoms with Crippen molar-refractivity contribution < 1.29 is 8.42 Å². The van der Waals surface area contributed by atoms with E-state index in [0.717, 1.165) is 10.9 Å². The number of hydrogen-bond acceptors (Lipinski definition) is 3. The molecule has 5 nitrogen and oxygen atoms in total. The number of aromatic nitrogens is 2. The van der Waals surface area contributed by atoms with Crippen LogP contribution in [0.25, 0.3) is 10.9 Å². The van der Waals surface area contributed by atoms with Crippen LogP contribution >= 0.6 is 15.9 Å². The van der Waals surface area contributed by atoms with Gasteiger partial charge in [-0.05, 0) is 36.4 Å². The second-order valence-electron chi connectivity index (χ2n) is 4.23. The Kier molecular flexibility index (Phi) is 3.23. The summed E-state index contributed by atoms with van der Waals surface area (Å²) >= 11 is 3.26. The van der Waals surface area contributed by atoms with E-state index in [9.17, 15) is 8.42 Å². The molecule has 0 saturated heterocycles. The van der Waals surface area contributed by atoms with Gasteiger partial charge < -0.3 is 0 Å². The van der Waals surface area contributed by atoms with Gasteiger partial charge in [0.1, 0.15) is 0 Å². The molecule has 1 aromatic heterocycles. The molecule has 1 heterocycles. The molecule has 102 valence electrons. The van der Waals surface area contributed by atoms with Crippen LogP contribution in [0.1, 0.15) is 0 Å². The quantitative estimate of drug-likeness (QED) is 0.761. The smallest absolute Gasteiger partial charge is 0.261 e. The summed E-state index contributed by atoms with van der Waals surface area (Å²) in [5.41, 5.74) is 1.26. The highest BCUT2D eigenvalue weighted by Crippen LogP contribution is 2.22. The highest BCUT2D eigenvalue weighted by Gasteiger charge is 2.14. The predicted octanol–water partition coefficient (Wildman–Crippen LogP) is 3.13. The molecule has 3 aromatic rings. The molecule has 0 aliphatic heterocycles. The molecule has 0 bridgehead atoms. The van der Waals surface area contributed by atoms with E-state index in [4.69, 9.17) is 0 Å². The summed E-state index contributed by atoms with van der Waals surface area (Å²) < 4.78 is 27.8. The fourth-order valence-corrected chi connectivity index (χ4v) is 3.49. The first-order chi connectivity index (χ1) is 9.54. The number of H-pyrrole nitrogens is 1.